The van der Waals surface area contributed by atoms with Crippen LogP contribution in [-0.4, -0.2) is 9.78 Å². The van der Waals surface area contributed by atoms with Crippen LogP contribution in [0.2, 0.25) is 5.02 Å². The molecule has 1 heterocycles. The molecule has 0 amide bonds. The van der Waals surface area contributed by atoms with Crippen molar-refractivity contribution in [3.8, 4) is 0 Å². The lowest BCUT2D eigenvalue weighted by atomic mass is 9.98. The van der Waals surface area contributed by atoms with Crippen molar-refractivity contribution >= 4 is 27.5 Å². The maximum atomic E-state index is 6.38. The van der Waals surface area contributed by atoms with Crippen molar-refractivity contribution in [3.63, 3.8) is 0 Å². The summed E-state index contributed by atoms with van der Waals surface area (Å²) in [5.41, 5.74) is 10.6. The Labute approximate surface area is 133 Å². The first-order valence-corrected chi connectivity index (χ1v) is 7.83. The average Bonchev–Trinajstić information content (AvgIpc) is 2.69. The predicted molar refractivity (Wildman–Crippen MR) is 87.1 cm³/mol. The summed E-state index contributed by atoms with van der Waals surface area (Å²) in [4.78, 5) is 0. The molecule has 108 valence electrons. The molecule has 0 saturated heterocycles. The van der Waals surface area contributed by atoms with Crippen LogP contribution in [0.1, 0.15) is 35.5 Å². The lowest BCUT2D eigenvalue weighted by Gasteiger charge is -2.16. The Hall–Kier alpha value is -0.840. The average molecular weight is 357 g/mol. The topological polar surface area (TPSA) is 43.8 Å². The van der Waals surface area contributed by atoms with Crippen LogP contribution in [0.3, 0.4) is 0 Å². The van der Waals surface area contributed by atoms with E-state index in [0.29, 0.717) is 6.42 Å². The van der Waals surface area contributed by atoms with E-state index in [0.717, 1.165) is 32.9 Å². The maximum Gasteiger partial charge on any atom is 0.0850 e. The fourth-order valence-corrected chi connectivity index (χ4v) is 3.14. The van der Waals surface area contributed by atoms with Crippen LogP contribution in [0.15, 0.2) is 22.7 Å². The SMILES string of the molecule is CCc1nn(C)c(CC(N)c2cccc(Br)c2C)c1Cl. The summed E-state index contributed by atoms with van der Waals surface area (Å²) >= 11 is 9.93. The first-order valence-electron chi connectivity index (χ1n) is 6.66. The number of rotatable bonds is 4. The van der Waals surface area contributed by atoms with Gasteiger partial charge in [0.25, 0.3) is 0 Å². The Morgan fingerprint density at radius 2 is 2.15 bits per heavy atom. The highest BCUT2D eigenvalue weighted by Gasteiger charge is 2.18. The van der Waals surface area contributed by atoms with E-state index in [1.54, 1.807) is 0 Å². The normalized spacial score (nSPS) is 12.7. The van der Waals surface area contributed by atoms with E-state index >= 15 is 0 Å². The summed E-state index contributed by atoms with van der Waals surface area (Å²) in [5, 5.41) is 5.18. The molecule has 0 aliphatic heterocycles. The number of nitrogens with two attached hydrogens (primary N) is 1. The first-order chi connectivity index (χ1) is 9.45. The van der Waals surface area contributed by atoms with E-state index in [4.69, 9.17) is 17.3 Å². The third kappa shape index (κ3) is 2.92. The van der Waals surface area contributed by atoms with Crippen LogP contribution in [0, 0.1) is 6.92 Å². The number of aryl methyl sites for hydroxylation is 2. The molecular formula is C15H19BrClN3. The second-order valence-corrected chi connectivity index (χ2v) is 6.18. The van der Waals surface area contributed by atoms with Crippen molar-refractivity contribution in [1.29, 1.82) is 0 Å². The van der Waals surface area contributed by atoms with Crippen LogP contribution < -0.4 is 5.73 Å². The van der Waals surface area contributed by atoms with E-state index in [-0.39, 0.29) is 6.04 Å². The van der Waals surface area contributed by atoms with Gasteiger partial charge in [-0.2, -0.15) is 5.10 Å². The van der Waals surface area contributed by atoms with Gasteiger partial charge in [-0.25, -0.2) is 0 Å². The molecule has 0 bridgehead atoms. The highest BCUT2D eigenvalue weighted by molar-refractivity contribution is 9.10. The zero-order valence-corrected chi connectivity index (χ0v) is 14.3. The van der Waals surface area contributed by atoms with Gasteiger partial charge in [0.15, 0.2) is 0 Å². The molecule has 3 nitrogen and oxygen atoms in total. The van der Waals surface area contributed by atoms with Gasteiger partial charge in [-0.1, -0.05) is 46.6 Å². The van der Waals surface area contributed by atoms with Gasteiger partial charge in [-0.15, -0.1) is 0 Å². The van der Waals surface area contributed by atoms with E-state index in [2.05, 4.69) is 40.9 Å². The Morgan fingerprint density at radius 3 is 2.75 bits per heavy atom. The molecule has 1 atom stereocenters. The molecule has 0 saturated carbocycles. The van der Waals surface area contributed by atoms with Gasteiger partial charge in [0.2, 0.25) is 0 Å². The van der Waals surface area contributed by atoms with Crippen molar-refractivity contribution in [2.75, 3.05) is 0 Å². The quantitative estimate of drug-likeness (QED) is 0.901. The molecule has 5 heteroatoms. The van der Waals surface area contributed by atoms with Gasteiger partial charge in [-0.05, 0) is 30.5 Å². The number of hydrogen-bond donors (Lipinski definition) is 1. The Kier molecular flexibility index (Phi) is 4.89. The van der Waals surface area contributed by atoms with Crippen LogP contribution in [0.25, 0.3) is 0 Å². The van der Waals surface area contributed by atoms with E-state index in [9.17, 15) is 0 Å². The molecule has 1 unspecified atom stereocenters. The fraction of sp³-hybridized carbons (Fsp3) is 0.400. The van der Waals surface area contributed by atoms with Crippen molar-refractivity contribution in [3.05, 3.63) is 50.2 Å². The molecule has 0 radical (unpaired) electrons. The number of halogens is 2. The minimum absolute atomic E-state index is 0.0925. The highest BCUT2D eigenvalue weighted by Crippen LogP contribution is 2.28. The van der Waals surface area contributed by atoms with Gasteiger partial charge in [-0.3, -0.25) is 4.68 Å². The largest absolute Gasteiger partial charge is 0.324 e. The molecule has 1 aromatic carbocycles. The van der Waals surface area contributed by atoms with Gasteiger partial charge >= 0.3 is 0 Å². The van der Waals surface area contributed by atoms with Crippen molar-refractivity contribution < 1.29 is 0 Å². The summed E-state index contributed by atoms with van der Waals surface area (Å²) in [6, 6.07) is 6.01. The summed E-state index contributed by atoms with van der Waals surface area (Å²) < 4.78 is 2.92. The summed E-state index contributed by atoms with van der Waals surface area (Å²) in [6.45, 7) is 4.12. The highest BCUT2D eigenvalue weighted by atomic mass is 79.9. The zero-order chi connectivity index (χ0) is 14.9. The molecule has 0 aliphatic carbocycles. The molecule has 0 aliphatic rings. The van der Waals surface area contributed by atoms with Crippen LogP contribution >= 0.6 is 27.5 Å². The molecular weight excluding hydrogens is 338 g/mol. The van der Waals surface area contributed by atoms with Crippen molar-refractivity contribution in [1.82, 2.24) is 9.78 Å². The third-order valence-electron chi connectivity index (χ3n) is 3.63. The number of aromatic nitrogens is 2. The Balaban J connectivity index is 2.30. The smallest absolute Gasteiger partial charge is 0.0850 e. The molecule has 1 aromatic heterocycles. The van der Waals surface area contributed by atoms with Gasteiger partial charge < -0.3 is 5.73 Å². The summed E-state index contributed by atoms with van der Waals surface area (Å²) in [5.74, 6) is 0. The first kappa shape index (κ1) is 15.5. The lowest BCUT2D eigenvalue weighted by Crippen LogP contribution is -2.17. The van der Waals surface area contributed by atoms with Crippen LogP contribution in [-0.2, 0) is 19.9 Å². The zero-order valence-electron chi connectivity index (χ0n) is 12.0. The molecule has 20 heavy (non-hydrogen) atoms. The lowest BCUT2D eigenvalue weighted by molar-refractivity contribution is 0.636. The summed E-state index contributed by atoms with van der Waals surface area (Å²) in [7, 11) is 1.92. The van der Waals surface area contributed by atoms with Crippen LogP contribution in [0.5, 0.6) is 0 Å². The molecule has 2 rings (SSSR count). The Morgan fingerprint density at radius 1 is 1.45 bits per heavy atom. The second-order valence-electron chi connectivity index (χ2n) is 4.95. The minimum Gasteiger partial charge on any atom is -0.324 e. The van der Waals surface area contributed by atoms with Crippen molar-refractivity contribution in [2.24, 2.45) is 12.8 Å². The van der Waals surface area contributed by atoms with Crippen molar-refractivity contribution in [2.45, 2.75) is 32.7 Å². The molecule has 0 spiro atoms. The minimum atomic E-state index is -0.0925. The van der Waals surface area contributed by atoms with E-state index < -0.39 is 0 Å². The Bertz CT molecular complexity index is 622. The second kappa shape index (κ2) is 6.29. The number of benzene rings is 1. The molecule has 0 fully saturated rings. The van der Waals surface area contributed by atoms with Gasteiger partial charge in [0.05, 0.1) is 16.4 Å². The maximum absolute atomic E-state index is 6.38. The predicted octanol–water partition coefficient (Wildman–Crippen LogP) is 3.95. The molecule has 2 N–H and O–H groups in total. The van der Waals surface area contributed by atoms with Gasteiger partial charge in [0.1, 0.15) is 0 Å². The number of hydrogen-bond acceptors (Lipinski definition) is 2. The van der Waals surface area contributed by atoms with Crippen LogP contribution in [0.4, 0.5) is 0 Å². The molecule has 2 aromatic rings. The number of nitrogens with zero attached hydrogens (tertiary/aromatic N) is 2. The van der Waals surface area contributed by atoms with Gasteiger partial charge in [0, 0.05) is 24.0 Å². The fourth-order valence-electron chi connectivity index (χ4n) is 2.39. The standard InChI is InChI=1S/C15H19BrClN3/c1-4-13-15(17)14(20(3)19-13)8-12(18)10-6-5-7-11(16)9(10)2/h5-7,12H,4,8,18H2,1-3H3. The summed E-state index contributed by atoms with van der Waals surface area (Å²) in [6.07, 6.45) is 1.51. The van der Waals surface area contributed by atoms with E-state index in [1.165, 1.54) is 5.56 Å². The monoisotopic (exact) mass is 355 g/mol. The third-order valence-corrected chi connectivity index (χ3v) is 4.92. The van der Waals surface area contributed by atoms with E-state index in [1.807, 2.05) is 23.9 Å².